The number of hydrogen-bond acceptors (Lipinski definition) is 4. The summed E-state index contributed by atoms with van der Waals surface area (Å²) in [5, 5.41) is 1.69. The third-order valence-corrected chi connectivity index (χ3v) is 4.53. The highest BCUT2D eigenvalue weighted by Gasteiger charge is 2.24. The topological polar surface area (TPSA) is 44.8 Å². The molecule has 1 aliphatic heterocycles. The normalized spacial score (nSPS) is 12.5. The number of carbonyl (C=O) groups excluding carboxylic acids is 1. The van der Waals surface area contributed by atoms with Gasteiger partial charge < -0.3 is 14.2 Å². The first-order chi connectivity index (χ1) is 12.8. The first-order valence-corrected chi connectivity index (χ1v) is 8.32. The SMILES string of the molecule is O=C(Oc1cc2c(c3cccc4cccc-4c13)OCO2)c1ccccc1. The van der Waals surface area contributed by atoms with Crippen LogP contribution in [0, 0.1) is 0 Å². The summed E-state index contributed by atoms with van der Waals surface area (Å²) in [4.78, 5) is 12.6. The molecule has 126 valence electrons. The molecule has 4 heteroatoms. The van der Waals surface area contributed by atoms with Gasteiger partial charge in [-0.1, -0.05) is 54.6 Å². The fraction of sp³-hybridized carbons (Fsp3) is 0.0455. The molecule has 0 N–H and O–H groups in total. The van der Waals surface area contributed by atoms with E-state index in [1.807, 2.05) is 54.6 Å². The van der Waals surface area contributed by atoms with E-state index in [1.54, 1.807) is 18.2 Å². The van der Waals surface area contributed by atoms with E-state index >= 15 is 0 Å². The van der Waals surface area contributed by atoms with Crippen LogP contribution in [0.2, 0.25) is 0 Å². The fourth-order valence-corrected chi connectivity index (χ4v) is 3.35. The minimum absolute atomic E-state index is 0.156. The quantitative estimate of drug-likeness (QED) is 0.384. The third kappa shape index (κ3) is 2.27. The van der Waals surface area contributed by atoms with Crippen molar-refractivity contribution >= 4 is 16.7 Å². The zero-order valence-corrected chi connectivity index (χ0v) is 13.8. The average Bonchev–Trinajstić information content (AvgIpc) is 3.28. The zero-order valence-electron chi connectivity index (χ0n) is 13.8. The third-order valence-electron chi connectivity index (χ3n) is 4.53. The molecule has 0 saturated heterocycles. The molecule has 4 nitrogen and oxygen atoms in total. The highest BCUT2D eigenvalue weighted by Crippen LogP contribution is 2.47. The van der Waals surface area contributed by atoms with Crippen molar-refractivity contribution in [3.05, 3.63) is 78.4 Å². The van der Waals surface area contributed by atoms with Gasteiger partial charge in [-0.2, -0.15) is 0 Å². The maximum Gasteiger partial charge on any atom is 0.343 e. The van der Waals surface area contributed by atoms with Crippen LogP contribution in [0.5, 0.6) is 17.2 Å². The van der Waals surface area contributed by atoms with Crippen molar-refractivity contribution in [2.24, 2.45) is 0 Å². The number of carbonyl (C=O) groups is 1. The van der Waals surface area contributed by atoms with Gasteiger partial charge in [-0.3, -0.25) is 0 Å². The summed E-state index contributed by atoms with van der Waals surface area (Å²) in [5.41, 5.74) is 2.56. The van der Waals surface area contributed by atoms with Crippen LogP contribution in [-0.4, -0.2) is 12.8 Å². The summed E-state index contributed by atoms with van der Waals surface area (Å²) in [6, 6.07) is 22.7. The molecule has 0 amide bonds. The van der Waals surface area contributed by atoms with Crippen LogP contribution in [0.25, 0.3) is 21.9 Å². The van der Waals surface area contributed by atoms with Crippen LogP contribution in [0.15, 0.2) is 72.8 Å². The van der Waals surface area contributed by atoms with Crippen LogP contribution < -0.4 is 14.2 Å². The lowest BCUT2D eigenvalue weighted by molar-refractivity contribution is 0.0737. The highest BCUT2D eigenvalue weighted by molar-refractivity contribution is 6.07. The zero-order chi connectivity index (χ0) is 17.5. The second kappa shape index (κ2) is 5.77. The number of esters is 1. The Morgan fingerprint density at radius 1 is 0.885 bits per heavy atom. The van der Waals surface area contributed by atoms with Crippen LogP contribution >= 0.6 is 0 Å². The van der Waals surface area contributed by atoms with E-state index in [9.17, 15) is 4.79 Å². The Morgan fingerprint density at radius 2 is 1.69 bits per heavy atom. The van der Waals surface area contributed by atoms with E-state index in [1.165, 1.54) is 0 Å². The average molecular weight is 342 g/mol. The Kier molecular flexibility index (Phi) is 3.28. The van der Waals surface area contributed by atoms with Crippen LogP contribution in [0.1, 0.15) is 10.4 Å². The van der Waals surface area contributed by atoms with Crippen LogP contribution in [0.4, 0.5) is 0 Å². The Morgan fingerprint density at radius 3 is 2.54 bits per heavy atom. The molecule has 0 unspecified atom stereocenters. The summed E-state index contributed by atoms with van der Waals surface area (Å²) in [6.45, 7) is 0.156. The van der Waals surface area contributed by atoms with Gasteiger partial charge in [0.15, 0.2) is 11.5 Å². The van der Waals surface area contributed by atoms with Gasteiger partial charge in [0, 0.05) is 16.8 Å². The van der Waals surface area contributed by atoms with Gasteiger partial charge in [0.05, 0.1) is 5.56 Å². The second-order valence-corrected chi connectivity index (χ2v) is 6.07. The lowest BCUT2D eigenvalue weighted by Crippen LogP contribution is -2.08. The molecule has 2 aliphatic carbocycles. The lowest BCUT2D eigenvalue weighted by atomic mass is 10.0. The monoisotopic (exact) mass is 342 g/mol. The van der Waals surface area contributed by atoms with E-state index < -0.39 is 5.97 Å². The van der Waals surface area contributed by atoms with E-state index in [0.29, 0.717) is 22.8 Å². The van der Waals surface area contributed by atoms with Gasteiger partial charge in [-0.25, -0.2) is 4.79 Å². The van der Waals surface area contributed by atoms with E-state index in [0.717, 1.165) is 21.9 Å². The molecule has 0 fully saturated rings. The molecule has 2 aromatic carbocycles. The summed E-state index contributed by atoms with van der Waals surface area (Å²) in [6.07, 6.45) is 0. The van der Waals surface area contributed by atoms with Crippen LogP contribution in [-0.2, 0) is 0 Å². The number of hydrogen-bond donors (Lipinski definition) is 0. The van der Waals surface area contributed by atoms with Crippen molar-refractivity contribution in [2.45, 2.75) is 0 Å². The number of fused-ring (bicyclic) bond motifs is 5. The van der Waals surface area contributed by atoms with Crippen molar-refractivity contribution in [3.63, 3.8) is 0 Å². The standard InChI is InChI=1S/C22H14O4/c23-22(15-6-2-1-3-7-15)26-18-12-19-21(25-13-24-19)17-11-5-9-14-8-4-10-16(14)20(17)18/h1-12H,13H2. The summed E-state index contributed by atoms with van der Waals surface area (Å²) < 4.78 is 17.0. The predicted molar refractivity (Wildman–Crippen MR) is 98.1 cm³/mol. The molecule has 0 bridgehead atoms. The number of benzene rings is 2. The van der Waals surface area contributed by atoms with Gasteiger partial charge in [-0.15, -0.1) is 0 Å². The Hall–Kier alpha value is -3.53. The molecule has 3 aliphatic rings. The minimum atomic E-state index is -0.406. The molecule has 5 rings (SSSR count). The molecular weight excluding hydrogens is 328 g/mol. The maximum atomic E-state index is 12.6. The first kappa shape index (κ1) is 14.8. The summed E-state index contributed by atoms with van der Waals surface area (Å²) >= 11 is 0. The fourth-order valence-electron chi connectivity index (χ4n) is 3.35. The van der Waals surface area contributed by atoms with Crippen LogP contribution in [0.3, 0.4) is 0 Å². The van der Waals surface area contributed by atoms with Crippen molar-refractivity contribution in [3.8, 4) is 28.4 Å². The second-order valence-electron chi connectivity index (χ2n) is 6.07. The number of rotatable bonds is 2. The molecule has 0 spiro atoms. The van der Waals surface area contributed by atoms with Gasteiger partial charge in [-0.05, 0) is 23.3 Å². The maximum absolute atomic E-state index is 12.6. The Bertz CT molecular complexity index is 1100. The van der Waals surface area contributed by atoms with Gasteiger partial charge in [0.2, 0.25) is 6.79 Å². The Labute approximate surface area is 149 Å². The minimum Gasteiger partial charge on any atom is -0.453 e. The molecule has 0 saturated carbocycles. The molecule has 26 heavy (non-hydrogen) atoms. The van der Waals surface area contributed by atoms with Crippen molar-refractivity contribution < 1.29 is 19.0 Å². The molecule has 0 atom stereocenters. The molecule has 0 radical (unpaired) electrons. The molecule has 2 aromatic rings. The van der Waals surface area contributed by atoms with Crippen molar-refractivity contribution in [1.29, 1.82) is 0 Å². The first-order valence-electron chi connectivity index (χ1n) is 8.32. The predicted octanol–water partition coefficient (Wildman–Crippen LogP) is 4.89. The van der Waals surface area contributed by atoms with Gasteiger partial charge >= 0.3 is 5.97 Å². The summed E-state index contributed by atoms with van der Waals surface area (Å²) in [5.74, 6) is 1.32. The molecular formula is C22H14O4. The molecule has 0 aromatic heterocycles. The van der Waals surface area contributed by atoms with E-state index in [2.05, 4.69) is 0 Å². The smallest absolute Gasteiger partial charge is 0.343 e. The largest absolute Gasteiger partial charge is 0.453 e. The Balaban J connectivity index is 1.74. The van der Waals surface area contributed by atoms with Gasteiger partial charge in [0.25, 0.3) is 0 Å². The summed E-state index contributed by atoms with van der Waals surface area (Å²) in [7, 11) is 0. The van der Waals surface area contributed by atoms with Crippen molar-refractivity contribution in [1.82, 2.24) is 0 Å². The highest BCUT2D eigenvalue weighted by atomic mass is 16.7. The van der Waals surface area contributed by atoms with Crippen molar-refractivity contribution in [2.75, 3.05) is 6.79 Å². The number of ether oxygens (including phenoxy) is 3. The van der Waals surface area contributed by atoms with Gasteiger partial charge in [0.1, 0.15) is 5.75 Å². The van der Waals surface area contributed by atoms with E-state index in [-0.39, 0.29) is 6.79 Å². The van der Waals surface area contributed by atoms with E-state index in [4.69, 9.17) is 14.2 Å². The lowest BCUT2D eigenvalue weighted by Gasteiger charge is -2.11. The molecule has 1 heterocycles.